The lowest BCUT2D eigenvalue weighted by Crippen LogP contribution is -2.12. The van der Waals surface area contributed by atoms with Crippen molar-refractivity contribution < 1.29 is 4.39 Å². The lowest BCUT2D eigenvalue weighted by atomic mass is 10.0. The van der Waals surface area contributed by atoms with E-state index < -0.39 is 0 Å². The summed E-state index contributed by atoms with van der Waals surface area (Å²) in [5, 5.41) is 0. The van der Waals surface area contributed by atoms with E-state index in [2.05, 4.69) is 11.6 Å². The average molecular weight is 180 g/mol. The van der Waals surface area contributed by atoms with E-state index >= 15 is 0 Å². The minimum atomic E-state index is -0.351. The molecule has 1 aromatic rings. The first-order valence-corrected chi connectivity index (χ1v) is 4.10. The maximum absolute atomic E-state index is 13.1. The van der Waals surface area contributed by atoms with Crippen LogP contribution >= 0.6 is 0 Å². The van der Waals surface area contributed by atoms with Crippen molar-refractivity contribution in [3.05, 3.63) is 42.0 Å². The Balaban J connectivity index is 2.82. The molecule has 0 saturated heterocycles. The number of halogens is 1. The number of pyridine rings is 1. The molecule has 0 spiro atoms. The van der Waals surface area contributed by atoms with E-state index in [0.29, 0.717) is 12.0 Å². The lowest BCUT2D eigenvalue weighted by Gasteiger charge is -2.11. The second-order valence-electron chi connectivity index (χ2n) is 3.16. The second kappa shape index (κ2) is 4.14. The van der Waals surface area contributed by atoms with Gasteiger partial charge in [0, 0.05) is 17.8 Å². The molecule has 0 bridgehead atoms. The molecule has 1 rings (SSSR count). The van der Waals surface area contributed by atoms with Gasteiger partial charge in [0.05, 0.1) is 6.20 Å². The lowest BCUT2D eigenvalue weighted by molar-refractivity contribution is 0.574. The summed E-state index contributed by atoms with van der Waals surface area (Å²) in [4.78, 5) is 3.65. The van der Waals surface area contributed by atoms with Gasteiger partial charge in [-0.05, 0) is 19.4 Å². The Labute approximate surface area is 77.3 Å². The van der Waals surface area contributed by atoms with Gasteiger partial charge in [-0.25, -0.2) is 4.39 Å². The minimum absolute atomic E-state index is 0.319. The van der Waals surface area contributed by atoms with Gasteiger partial charge in [0.2, 0.25) is 0 Å². The van der Waals surface area contributed by atoms with Gasteiger partial charge in [-0.3, -0.25) is 4.98 Å². The van der Waals surface area contributed by atoms with Crippen LogP contribution in [0.15, 0.2) is 30.6 Å². The van der Waals surface area contributed by atoms with Crippen LogP contribution in [0.5, 0.6) is 0 Å². The van der Waals surface area contributed by atoms with Gasteiger partial charge in [-0.2, -0.15) is 0 Å². The highest BCUT2D eigenvalue weighted by molar-refractivity contribution is 5.18. The third-order valence-corrected chi connectivity index (χ3v) is 1.77. The first-order chi connectivity index (χ1) is 6.11. The molecule has 1 aromatic heterocycles. The summed E-state index contributed by atoms with van der Waals surface area (Å²) < 4.78 is 13.1. The van der Waals surface area contributed by atoms with Gasteiger partial charge in [-0.15, -0.1) is 6.58 Å². The van der Waals surface area contributed by atoms with Crippen LogP contribution in [0.25, 0.3) is 0 Å². The Bertz CT molecular complexity index is 310. The summed E-state index contributed by atoms with van der Waals surface area (Å²) in [5.74, 6) is -0.351. The molecule has 0 saturated carbocycles. The van der Waals surface area contributed by atoms with E-state index in [0.717, 1.165) is 5.57 Å². The largest absolute Gasteiger partial charge is 0.324 e. The zero-order chi connectivity index (χ0) is 9.84. The Morgan fingerprint density at radius 2 is 2.46 bits per heavy atom. The van der Waals surface area contributed by atoms with Crippen molar-refractivity contribution in [3.8, 4) is 0 Å². The van der Waals surface area contributed by atoms with Crippen LogP contribution in [-0.2, 0) is 0 Å². The van der Waals surface area contributed by atoms with Gasteiger partial charge in [-0.1, -0.05) is 5.57 Å². The Hall–Kier alpha value is -1.22. The van der Waals surface area contributed by atoms with Gasteiger partial charge in [0.15, 0.2) is 0 Å². The smallest absolute Gasteiger partial charge is 0.146 e. The molecule has 0 aliphatic rings. The topological polar surface area (TPSA) is 38.9 Å². The highest BCUT2D eigenvalue weighted by Crippen LogP contribution is 2.19. The average Bonchev–Trinajstić information content (AvgIpc) is 2.03. The predicted octanol–water partition coefficient (Wildman–Crippen LogP) is 2.19. The van der Waals surface area contributed by atoms with Gasteiger partial charge in [0.1, 0.15) is 5.82 Å². The molecular weight excluding hydrogens is 167 g/mol. The van der Waals surface area contributed by atoms with Crippen molar-refractivity contribution >= 4 is 0 Å². The van der Waals surface area contributed by atoms with Crippen LogP contribution in [-0.4, -0.2) is 4.98 Å². The summed E-state index contributed by atoms with van der Waals surface area (Å²) >= 11 is 0. The van der Waals surface area contributed by atoms with Crippen molar-refractivity contribution in [2.45, 2.75) is 19.4 Å². The predicted molar refractivity (Wildman–Crippen MR) is 50.6 cm³/mol. The van der Waals surface area contributed by atoms with Gasteiger partial charge < -0.3 is 5.73 Å². The molecule has 1 heterocycles. The summed E-state index contributed by atoms with van der Waals surface area (Å²) in [5.41, 5.74) is 7.21. The normalized spacial score (nSPS) is 12.5. The summed E-state index contributed by atoms with van der Waals surface area (Å²) in [6, 6.07) is 1.28. The zero-order valence-corrected chi connectivity index (χ0v) is 7.63. The third kappa shape index (κ3) is 2.63. The molecule has 1 unspecified atom stereocenters. The number of nitrogens with two attached hydrogens (primary N) is 1. The summed E-state index contributed by atoms with van der Waals surface area (Å²) in [6.07, 6.45) is 3.31. The molecule has 0 aliphatic heterocycles. The highest BCUT2D eigenvalue weighted by Gasteiger charge is 2.10. The van der Waals surface area contributed by atoms with Gasteiger partial charge >= 0.3 is 0 Å². The monoisotopic (exact) mass is 180 g/mol. The van der Waals surface area contributed by atoms with E-state index in [4.69, 9.17) is 5.73 Å². The Kier molecular flexibility index (Phi) is 3.14. The number of rotatable bonds is 3. The second-order valence-corrected chi connectivity index (χ2v) is 3.16. The molecule has 2 N–H and O–H groups in total. The number of aromatic nitrogens is 1. The highest BCUT2D eigenvalue weighted by atomic mass is 19.1. The van der Waals surface area contributed by atoms with Crippen molar-refractivity contribution in [3.63, 3.8) is 0 Å². The fraction of sp³-hybridized carbons (Fsp3) is 0.300. The minimum Gasteiger partial charge on any atom is -0.324 e. The molecule has 3 heteroatoms. The number of hydrogen-bond acceptors (Lipinski definition) is 2. The first-order valence-electron chi connectivity index (χ1n) is 4.10. The third-order valence-electron chi connectivity index (χ3n) is 1.77. The van der Waals surface area contributed by atoms with Crippen molar-refractivity contribution in [1.29, 1.82) is 0 Å². The molecule has 0 amide bonds. The van der Waals surface area contributed by atoms with Crippen molar-refractivity contribution in [2.24, 2.45) is 5.73 Å². The van der Waals surface area contributed by atoms with Crippen LogP contribution in [0.3, 0.4) is 0 Å². The first kappa shape index (κ1) is 9.86. The molecule has 0 aromatic carbocycles. The number of hydrogen-bond donors (Lipinski definition) is 1. The molecular formula is C10H13FN2. The quantitative estimate of drug-likeness (QED) is 0.724. The van der Waals surface area contributed by atoms with Crippen molar-refractivity contribution in [2.75, 3.05) is 0 Å². The van der Waals surface area contributed by atoms with E-state index in [1.165, 1.54) is 12.4 Å². The van der Waals surface area contributed by atoms with Crippen molar-refractivity contribution in [1.82, 2.24) is 4.98 Å². The fourth-order valence-electron chi connectivity index (χ4n) is 1.17. The molecule has 0 aliphatic carbocycles. The SMILES string of the molecule is C=C(C)CC(N)c1ccncc1F. The van der Waals surface area contributed by atoms with Crippen LogP contribution in [0.2, 0.25) is 0 Å². The summed E-state index contributed by atoms with van der Waals surface area (Å²) in [7, 11) is 0. The molecule has 2 nitrogen and oxygen atoms in total. The Morgan fingerprint density at radius 3 is 3.00 bits per heavy atom. The fourth-order valence-corrected chi connectivity index (χ4v) is 1.17. The van der Waals surface area contributed by atoms with E-state index in [1.807, 2.05) is 6.92 Å². The molecule has 13 heavy (non-hydrogen) atoms. The van der Waals surface area contributed by atoms with Gasteiger partial charge in [0.25, 0.3) is 0 Å². The zero-order valence-electron chi connectivity index (χ0n) is 7.63. The van der Waals surface area contributed by atoms with Crippen LogP contribution in [0, 0.1) is 5.82 Å². The van der Waals surface area contributed by atoms with E-state index in [9.17, 15) is 4.39 Å². The molecule has 70 valence electrons. The maximum Gasteiger partial charge on any atom is 0.146 e. The molecule has 0 fully saturated rings. The standard InChI is InChI=1S/C10H13FN2/c1-7(2)5-10(12)8-3-4-13-6-9(8)11/h3-4,6,10H,1,5,12H2,2H3. The van der Waals surface area contributed by atoms with E-state index in [1.54, 1.807) is 6.07 Å². The summed E-state index contributed by atoms with van der Waals surface area (Å²) in [6.45, 7) is 5.61. The maximum atomic E-state index is 13.1. The number of nitrogens with zero attached hydrogens (tertiary/aromatic N) is 1. The van der Waals surface area contributed by atoms with E-state index in [-0.39, 0.29) is 11.9 Å². The van der Waals surface area contributed by atoms with Crippen LogP contribution in [0.4, 0.5) is 4.39 Å². The van der Waals surface area contributed by atoms with Crippen LogP contribution < -0.4 is 5.73 Å². The Morgan fingerprint density at radius 1 is 1.77 bits per heavy atom. The molecule has 0 radical (unpaired) electrons. The molecule has 1 atom stereocenters. The van der Waals surface area contributed by atoms with Crippen LogP contribution in [0.1, 0.15) is 24.9 Å².